The normalized spacial score (nSPS) is 38.8. The van der Waals surface area contributed by atoms with Crippen LogP contribution in [0.2, 0.25) is 0 Å². The second-order valence-corrected chi connectivity index (χ2v) is 26.7. The molecule has 13 nitrogen and oxygen atoms in total. The highest BCUT2D eigenvalue weighted by Crippen LogP contribution is 2.70. The molecule has 6 saturated carbocycles. The molecule has 1 aromatic carbocycles. The van der Waals surface area contributed by atoms with Crippen molar-refractivity contribution in [1.29, 1.82) is 0 Å². The predicted octanol–water partition coefficient (Wildman–Crippen LogP) is 11.2. The molecule has 8 aliphatic carbocycles. The molecule has 0 saturated heterocycles. The molecule has 13 heteroatoms. The van der Waals surface area contributed by atoms with E-state index in [1.165, 1.54) is 22.3 Å². The topological polar surface area (TPSA) is 181 Å². The van der Waals surface area contributed by atoms with E-state index in [0.29, 0.717) is 50.7 Å². The van der Waals surface area contributed by atoms with Gasteiger partial charge in [-0.25, -0.2) is 9.59 Å². The van der Waals surface area contributed by atoms with Gasteiger partial charge in [0.25, 0.3) is 0 Å². The van der Waals surface area contributed by atoms with Gasteiger partial charge in [-0.05, 0) is 204 Å². The zero-order valence-corrected chi connectivity index (χ0v) is 47.4. The average molecular weight is 1050 g/mol. The molecule has 0 aliphatic heterocycles. The molecule has 1 amide bonds. The molecule has 76 heavy (non-hydrogen) atoms. The van der Waals surface area contributed by atoms with Crippen molar-refractivity contribution < 1.29 is 53.4 Å². The largest absolute Gasteiger partial charge is 0.508 e. The standard InChI is InChI=1S/C63H90N2O11/c1-11-25-63(72)38(3)31-50-46-19-15-40-32-43(66)18-20-45(40)55(46)47(36-61(50,63)8)39-13-16-42(17-14-39)65(10)28-30-73-44-24-26-60(7)41(33-44)34-52(75-58(71)74-29-27-64-57(70)76-59(4,5)6)56-49-22-21-48(37(2)12-23-54(68)69)62(49,9)53(67)35-51(56)60/h13-14,16-17,32,37-38,41,44,46-53,56,67,72H,12,15,18-24,26-31,33-36H2,1-10H3,(H,64,70)(H,68,69)/t37-,38?,41+,44+,46?,47-,48-,49+,50?,51+,52-,53+,56+,60+,61+,62-,63+/m1/s1. The number of hydrogen-bond donors (Lipinski definition) is 4. The average Bonchev–Trinajstić information content (AvgIpc) is 3.96. The summed E-state index contributed by atoms with van der Waals surface area (Å²) in [5, 5.41) is 37.0. The fourth-order valence-electron chi connectivity index (χ4n) is 17.9. The monoisotopic (exact) mass is 1050 g/mol. The third-order valence-corrected chi connectivity index (χ3v) is 21.7. The van der Waals surface area contributed by atoms with Crippen LogP contribution >= 0.6 is 0 Å². The van der Waals surface area contributed by atoms with Gasteiger partial charge in [-0.15, -0.1) is 5.92 Å². The summed E-state index contributed by atoms with van der Waals surface area (Å²) >= 11 is 0. The minimum atomic E-state index is -1.06. The van der Waals surface area contributed by atoms with E-state index in [4.69, 9.17) is 18.9 Å². The number of ketones is 1. The van der Waals surface area contributed by atoms with E-state index < -0.39 is 47.0 Å². The van der Waals surface area contributed by atoms with E-state index in [1.54, 1.807) is 20.8 Å². The highest BCUT2D eigenvalue weighted by molar-refractivity contribution is 5.93. The van der Waals surface area contributed by atoms with E-state index in [9.17, 15) is 34.5 Å². The minimum absolute atomic E-state index is 0.00748. The van der Waals surface area contributed by atoms with E-state index in [0.717, 1.165) is 69.9 Å². The Morgan fingerprint density at radius 1 is 0.947 bits per heavy atom. The van der Waals surface area contributed by atoms with Crippen LogP contribution in [-0.2, 0) is 28.5 Å². The summed E-state index contributed by atoms with van der Waals surface area (Å²) in [7, 11) is 2.11. The van der Waals surface area contributed by atoms with Crippen LogP contribution in [0.15, 0.2) is 47.1 Å². The van der Waals surface area contributed by atoms with Gasteiger partial charge in [0, 0.05) is 49.4 Å². The number of aliphatic carboxylic acids is 1. The molecular formula is C63H90N2O11. The van der Waals surface area contributed by atoms with E-state index in [1.807, 2.05) is 13.0 Å². The van der Waals surface area contributed by atoms with Crippen LogP contribution in [0.3, 0.4) is 0 Å². The quantitative estimate of drug-likeness (QED) is 0.0788. The first-order valence-corrected chi connectivity index (χ1v) is 29.2. The maximum atomic E-state index is 13.6. The number of fused-ring (bicyclic) bond motifs is 9. The Labute approximate surface area is 453 Å². The van der Waals surface area contributed by atoms with E-state index in [-0.39, 0.29) is 89.6 Å². The molecule has 8 aliphatic rings. The number of allylic oxidation sites excluding steroid dienone is 4. The molecule has 1 aromatic rings. The molecule has 0 bridgehead atoms. The van der Waals surface area contributed by atoms with Crippen molar-refractivity contribution in [1.82, 2.24) is 5.32 Å². The fraction of sp³-hybridized carbons (Fsp3) is 0.746. The molecule has 9 rings (SSSR count). The molecule has 0 spiro atoms. The van der Waals surface area contributed by atoms with Crippen molar-refractivity contribution in [2.75, 3.05) is 38.3 Å². The number of benzene rings is 1. The number of nitrogens with one attached hydrogen (secondary N) is 1. The van der Waals surface area contributed by atoms with Crippen LogP contribution < -0.4 is 10.2 Å². The summed E-state index contributed by atoms with van der Waals surface area (Å²) in [6.07, 6.45) is 11.0. The number of rotatable bonds is 14. The molecule has 0 heterocycles. The van der Waals surface area contributed by atoms with Crippen molar-refractivity contribution >= 4 is 29.7 Å². The van der Waals surface area contributed by atoms with Gasteiger partial charge in [-0.3, -0.25) is 9.59 Å². The second-order valence-electron chi connectivity index (χ2n) is 26.7. The van der Waals surface area contributed by atoms with Gasteiger partial charge in [0.2, 0.25) is 0 Å². The number of anilines is 1. The van der Waals surface area contributed by atoms with Gasteiger partial charge in [0.1, 0.15) is 23.9 Å². The number of carboxylic acids is 1. The molecule has 17 atom stereocenters. The van der Waals surface area contributed by atoms with Crippen molar-refractivity contribution in [2.24, 2.45) is 69.5 Å². The summed E-state index contributed by atoms with van der Waals surface area (Å²) < 4.78 is 24.1. The Balaban J connectivity index is 0.871. The lowest BCUT2D eigenvalue weighted by molar-refractivity contribution is -0.211. The first-order valence-electron chi connectivity index (χ1n) is 29.2. The highest BCUT2D eigenvalue weighted by Gasteiger charge is 2.68. The van der Waals surface area contributed by atoms with E-state index in [2.05, 4.69) is 88.0 Å². The highest BCUT2D eigenvalue weighted by atomic mass is 16.7. The molecule has 3 unspecified atom stereocenters. The van der Waals surface area contributed by atoms with Crippen molar-refractivity contribution in [3.8, 4) is 11.8 Å². The Morgan fingerprint density at radius 3 is 2.41 bits per heavy atom. The van der Waals surface area contributed by atoms with Gasteiger partial charge >= 0.3 is 18.2 Å². The Hall–Kier alpha value is -4.38. The lowest BCUT2D eigenvalue weighted by atomic mass is 9.43. The van der Waals surface area contributed by atoms with Crippen molar-refractivity contribution in [3.63, 3.8) is 0 Å². The number of carbonyl (C=O) groups excluding carboxylic acids is 3. The number of aliphatic hydroxyl groups excluding tert-OH is 1. The van der Waals surface area contributed by atoms with Crippen molar-refractivity contribution in [2.45, 2.75) is 194 Å². The van der Waals surface area contributed by atoms with Crippen LogP contribution in [0, 0.1) is 81.3 Å². The number of aliphatic hydroxyl groups is 2. The Morgan fingerprint density at radius 2 is 1.70 bits per heavy atom. The molecule has 0 radical (unpaired) electrons. The Kier molecular flexibility index (Phi) is 16.1. The van der Waals surface area contributed by atoms with Gasteiger partial charge in [0.05, 0.1) is 25.4 Å². The van der Waals surface area contributed by atoms with E-state index >= 15 is 0 Å². The van der Waals surface area contributed by atoms with Crippen LogP contribution in [0.25, 0.3) is 0 Å². The van der Waals surface area contributed by atoms with Crippen LogP contribution in [0.5, 0.6) is 0 Å². The third-order valence-electron chi connectivity index (χ3n) is 21.7. The summed E-state index contributed by atoms with van der Waals surface area (Å²) in [6.45, 7) is 19.7. The molecule has 418 valence electrons. The number of hydrogen-bond acceptors (Lipinski definition) is 11. The van der Waals surface area contributed by atoms with Gasteiger partial charge in [-0.1, -0.05) is 58.2 Å². The molecule has 6 fully saturated rings. The SMILES string of the molecule is CC#C[C@]1(O)C(C)CC2C3CCC4=CC(=O)CCC4=C3[C@@H](c3ccc(N(C)CCO[C@H]4CC[C@@]5(C)[C@@H](C4)C[C@@H](OC(=O)OCCNC(=O)OC(C)(C)C)[C@@H]4[C@@H]5C[C@H](O)[C@]5(C)[C@@H]([C@H](C)CCC(=O)O)CC[C@@H]45)cc3)C[C@@]21C. The smallest absolute Gasteiger partial charge is 0.481 e. The number of likely N-dealkylation sites (N-methyl/N-ethyl adjacent to an activating group) is 1. The van der Waals surface area contributed by atoms with Gasteiger partial charge in [0.15, 0.2) is 5.78 Å². The summed E-state index contributed by atoms with van der Waals surface area (Å²) in [4.78, 5) is 52.4. The molecule has 4 N–H and O–H groups in total. The summed E-state index contributed by atoms with van der Waals surface area (Å²) in [5.74, 6) is 7.42. The van der Waals surface area contributed by atoms with Crippen LogP contribution in [-0.4, -0.2) is 102 Å². The maximum absolute atomic E-state index is 13.6. The zero-order chi connectivity index (χ0) is 54.7. The first kappa shape index (κ1) is 56.3. The van der Waals surface area contributed by atoms with Gasteiger partial charge < -0.3 is 44.5 Å². The number of carboxylic acid groups (broad SMARTS) is 1. The predicted molar refractivity (Wildman–Crippen MR) is 291 cm³/mol. The lowest BCUT2D eigenvalue weighted by Gasteiger charge is -2.64. The number of carbonyl (C=O) groups is 4. The van der Waals surface area contributed by atoms with Crippen LogP contribution in [0.1, 0.15) is 170 Å². The Bertz CT molecular complexity index is 2490. The van der Waals surface area contributed by atoms with Crippen molar-refractivity contribution in [3.05, 3.63) is 52.6 Å². The fourth-order valence-corrected chi connectivity index (χ4v) is 17.9. The zero-order valence-electron chi connectivity index (χ0n) is 47.4. The summed E-state index contributed by atoms with van der Waals surface area (Å²) in [6, 6.07) is 9.02. The number of nitrogens with zero attached hydrogens (tertiary/aromatic N) is 1. The minimum Gasteiger partial charge on any atom is -0.481 e. The third kappa shape index (κ3) is 10.4. The molecule has 0 aromatic heterocycles. The van der Waals surface area contributed by atoms with Gasteiger partial charge in [-0.2, -0.15) is 0 Å². The maximum Gasteiger partial charge on any atom is 0.508 e. The molecular weight excluding hydrogens is 961 g/mol. The second kappa shape index (κ2) is 21.7. The summed E-state index contributed by atoms with van der Waals surface area (Å²) in [5.41, 5.74) is 3.86. The lowest BCUT2D eigenvalue weighted by Crippen LogP contribution is -2.63. The number of amides is 1. The number of ether oxygens (including phenoxy) is 4. The number of alkyl carbamates (subject to hydrolysis) is 1. The first-order chi connectivity index (χ1) is 35.9. The van der Waals surface area contributed by atoms with Crippen LogP contribution in [0.4, 0.5) is 15.3 Å².